The Labute approximate surface area is 168 Å². The van der Waals surface area contributed by atoms with Crippen LogP contribution in [0, 0.1) is 19.7 Å². The molecule has 3 nitrogen and oxygen atoms in total. The number of amides is 1. The molecule has 0 atom stereocenters. The van der Waals surface area contributed by atoms with E-state index in [9.17, 15) is 9.18 Å². The van der Waals surface area contributed by atoms with Crippen molar-refractivity contribution < 1.29 is 9.18 Å². The van der Waals surface area contributed by atoms with Gasteiger partial charge in [0.2, 0.25) is 5.91 Å². The molecular weight excluding hydrogens is 351 g/mol. The molecule has 0 aliphatic carbocycles. The maximum absolute atomic E-state index is 14.1. The van der Waals surface area contributed by atoms with Crippen LogP contribution in [-0.4, -0.2) is 29.9 Å². The van der Waals surface area contributed by atoms with Crippen molar-refractivity contribution in [3.05, 3.63) is 65.0 Å². The summed E-state index contributed by atoms with van der Waals surface area (Å²) in [6, 6.07) is 13.9. The molecule has 2 aromatic carbocycles. The van der Waals surface area contributed by atoms with Crippen molar-refractivity contribution in [1.82, 2.24) is 4.90 Å². The first kappa shape index (κ1) is 20.5. The number of halogens is 1. The molecule has 2 aromatic rings. The highest BCUT2D eigenvalue weighted by Gasteiger charge is 2.29. The zero-order chi connectivity index (χ0) is 20.1. The van der Waals surface area contributed by atoms with Crippen LogP contribution in [0.25, 0.3) is 0 Å². The van der Waals surface area contributed by atoms with Crippen LogP contribution in [-0.2, 0) is 11.3 Å². The van der Waals surface area contributed by atoms with E-state index in [4.69, 9.17) is 0 Å². The third-order valence-electron chi connectivity index (χ3n) is 5.58. The molecule has 1 fully saturated rings. The first-order chi connectivity index (χ1) is 13.5. The molecule has 1 heterocycles. The average Bonchev–Trinajstić information content (AvgIpc) is 2.66. The molecule has 0 spiro atoms. The molecule has 1 saturated heterocycles. The standard InChI is InChI=1S/C24H31FN2O/c1-4-6-24(28)27(22-10-9-19(3)23(25)16-22)21-11-13-26(14-12-21)17-20-8-5-7-18(2)15-20/h5,7-10,15-16,21H,4,6,11-14,17H2,1-3H3. The summed E-state index contributed by atoms with van der Waals surface area (Å²) in [5, 5.41) is 0. The lowest BCUT2D eigenvalue weighted by molar-refractivity contribution is -0.119. The second kappa shape index (κ2) is 9.33. The fraction of sp³-hybridized carbons (Fsp3) is 0.458. The van der Waals surface area contributed by atoms with Crippen molar-refractivity contribution in [3.8, 4) is 0 Å². The van der Waals surface area contributed by atoms with Crippen LogP contribution in [0.15, 0.2) is 42.5 Å². The Kier molecular flexibility index (Phi) is 6.84. The largest absolute Gasteiger partial charge is 0.309 e. The van der Waals surface area contributed by atoms with Gasteiger partial charge in [0.15, 0.2) is 0 Å². The normalized spacial score (nSPS) is 15.6. The third-order valence-corrected chi connectivity index (χ3v) is 5.58. The van der Waals surface area contributed by atoms with Crippen LogP contribution >= 0.6 is 0 Å². The van der Waals surface area contributed by atoms with Crippen molar-refractivity contribution in [2.24, 2.45) is 0 Å². The van der Waals surface area contributed by atoms with Gasteiger partial charge in [0.25, 0.3) is 0 Å². The number of piperidine rings is 1. The van der Waals surface area contributed by atoms with Gasteiger partial charge in [-0.05, 0) is 56.4 Å². The molecule has 0 saturated carbocycles. The molecule has 1 aliphatic heterocycles. The quantitative estimate of drug-likeness (QED) is 0.682. The number of benzene rings is 2. The first-order valence-electron chi connectivity index (χ1n) is 10.3. The third kappa shape index (κ3) is 4.99. The van der Waals surface area contributed by atoms with E-state index >= 15 is 0 Å². The van der Waals surface area contributed by atoms with E-state index in [-0.39, 0.29) is 17.8 Å². The molecule has 0 unspecified atom stereocenters. The van der Waals surface area contributed by atoms with Crippen molar-refractivity contribution in [3.63, 3.8) is 0 Å². The van der Waals surface area contributed by atoms with Gasteiger partial charge in [-0.1, -0.05) is 42.8 Å². The van der Waals surface area contributed by atoms with Gasteiger partial charge in [-0.2, -0.15) is 0 Å². The van der Waals surface area contributed by atoms with Crippen LogP contribution < -0.4 is 4.90 Å². The molecule has 0 aromatic heterocycles. The number of aryl methyl sites for hydroxylation is 2. The monoisotopic (exact) mass is 382 g/mol. The van der Waals surface area contributed by atoms with Crippen LogP contribution in [0.2, 0.25) is 0 Å². The minimum Gasteiger partial charge on any atom is -0.309 e. The van der Waals surface area contributed by atoms with Gasteiger partial charge in [-0.3, -0.25) is 9.69 Å². The molecule has 4 heteroatoms. The van der Waals surface area contributed by atoms with Crippen molar-refractivity contribution >= 4 is 11.6 Å². The summed E-state index contributed by atoms with van der Waals surface area (Å²) in [4.78, 5) is 17.1. The van der Waals surface area contributed by atoms with Gasteiger partial charge in [0.05, 0.1) is 0 Å². The van der Waals surface area contributed by atoms with Gasteiger partial charge >= 0.3 is 0 Å². The molecule has 150 valence electrons. The van der Waals surface area contributed by atoms with E-state index in [2.05, 4.69) is 36.1 Å². The predicted octanol–water partition coefficient (Wildman–Crippen LogP) is 5.24. The Balaban J connectivity index is 1.70. The Morgan fingerprint density at radius 3 is 2.54 bits per heavy atom. The minimum atomic E-state index is -0.247. The zero-order valence-electron chi connectivity index (χ0n) is 17.2. The Bertz CT molecular complexity index is 812. The van der Waals surface area contributed by atoms with E-state index in [1.807, 2.05) is 17.9 Å². The van der Waals surface area contributed by atoms with Gasteiger partial charge < -0.3 is 4.90 Å². The van der Waals surface area contributed by atoms with Crippen LogP contribution in [0.4, 0.5) is 10.1 Å². The number of carbonyl (C=O) groups is 1. The number of rotatable bonds is 6. The van der Waals surface area contributed by atoms with E-state index in [0.717, 1.165) is 38.9 Å². The zero-order valence-corrected chi connectivity index (χ0v) is 17.2. The summed E-state index contributed by atoms with van der Waals surface area (Å²) in [6.45, 7) is 8.72. The fourth-order valence-corrected chi connectivity index (χ4v) is 4.03. The summed E-state index contributed by atoms with van der Waals surface area (Å²) in [5.41, 5.74) is 3.92. The number of nitrogens with zero attached hydrogens (tertiary/aromatic N) is 2. The lowest BCUT2D eigenvalue weighted by Gasteiger charge is -2.39. The summed E-state index contributed by atoms with van der Waals surface area (Å²) < 4.78 is 14.1. The summed E-state index contributed by atoms with van der Waals surface area (Å²) in [5.74, 6) is -0.147. The lowest BCUT2D eigenvalue weighted by Crippen LogP contribution is -2.47. The molecule has 28 heavy (non-hydrogen) atoms. The Morgan fingerprint density at radius 2 is 1.89 bits per heavy atom. The van der Waals surface area contributed by atoms with E-state index in [1.54, 1.807) is 13.0 Å². The van der Waals surface area contributed by atoms with Crippen LogP contribution in [0.3, 0.4) is 0 Å². The highest BCUT2D eigenvalue weighted by Crippen LogP contribution is 2.27. The lowest BCUT2D eigenvalue weighted by atomic mass is 10.00. The minimum absolute atomic E-state index is 0.0999. The molecule has 1 aliphatic rings. The summed E-state index contributed by atoms with van der Waals surface area (Å²) in [7, 11) is 0. The number of hydrogen-bond acceptors (Lipinski definition) is 2. The van der Waals surface area contributed by atoms with Gasteiger partial charge in [0.1, 0.15) is 5.82 Å². The van der Waals surface area contributed by atoms with Crippen molar-refractivity contribution in [1.29, 1.82) is 0 Å². The summed E-state index contributed by atoms with van der Waals surface area (Å²) in [6.07, 6.45) is 3.13. The van der Waals surface area contributed by atoms with E-state index < -0.39 is 0 Å². The van der Waals surface area contributed by atoms with Gasteiger partial charge in [-0.25, -0.2) is 4.39 Å². The van der Waals surface area contributed by atoms with Crippen LogP contribution in [0.5, 0.6) is 0 Å². The molecule has 1 amide bonds. The Morgan fingerprint density at radius 1 is 1.14 bits per heavy atom. The number of anilines is 1. The Hall–Kier alpha value is -2.20. The molecule has 0 N–H and O–H groups in total. The second-order valence-electron chi connectivity index (χ2n) is 7.94. The number of carbonyl (C=O) groups excluding carboxylic acids is 1. The fourth-order valence-electron chi connectivity index (χ4n) is 4.03. The maximum Gasteiger partial charge on any atom is 0.227 e. The smallest absolute Gasteiger partial charge is 0.227 e. The highest BCUT2D eigenvalue weighted by atomic mass is 19.1. The topological polar surface area (TPSA) is 23.6 Å². The highest BCUT2D eigenvalue weighted by molar-refractivity contribution is 5.94. The average molecular weight is 383 g/mol. The van der Waals surface area contributed by atoms with Crippen LogP contribution in [0.1, 0.15) is 49.3 Å². The van der Waals surface area contributed by atoms with E-state index in [0.29, 0.717) is 17.7 Å². The first-order valence-corrected chi connectivity index (χ1v) is 10.3. The van der Waals surface area contributed by atoms with E-state index in [1.165, 1.54) is 17.2 Å². The maximum atomic E-state index is 14.1. The van der Waals surface area contributed by atoms with Crippen molar-refractivity contribution in [2.75, 3.05) is 18.0 Å². The molecule has 3 rings (SSSR count). The second-order valence-corrected chi connectivity index (χ2v) is 7.94. The molecule has 0 bridgehead atoms. The molecule has 0 radical (unpaired) electrons. The predicted molar refractivity (Wildman–Crippen MR) is 113 cm³/mol. The number of likely N-dealkylation sites (tertiary alicyclic amines) is 1. The van der Waals surface area contributed by atoms with Gasteiger partial charge in [-0.15, -0.1) is 0 Å². The molecular formula is C24H31FN2O. The van der Waals surface area contributed by atoms with Gasteiger partial charge in [0, 0.05) is 37.8 Å². The number of hydrogen-bond donors (Lipinski definition) is 0. The SMILES string of the molecule is CCCC(=O)N(c1ccc(C)c(F)c1)C1CCN(Cc2cccc(C)c2)CC1. The van der Waals surface area contributed by atoms with Crippen molar-refractivity contribution in [2.45, 2.75) is 59.0 Å². The summed E-state index contributed by atoms with van der Waals surface area (Å²) >= 11 is 0.